The first-order valence-corrected chi connectivity index (χ1v) is 8.20. The second kappa shape index (κ2) is 7.53. The van der Waals surface area contributed by atoms with E-state index in [2.05, 4.69) is 12.2 Å². The van der Waals surface area contributed by atoms with Crippen LogP contribution in [0.2, 0.25) is 0 Å². The molecule has 0 bridgehead atoms. The molecular formula is C17H28F2O. The third-order valence-corrected chi connectivity index (χ3v) is 5.35. The predicted octanol–water partition coefficient (Wildman–Crippen LogP) is 4.60. The van der Waals surface area contributed by atoms with E-state index in [9.17, 15) is 13.9 Å². The molecule has 0 aromatic rings. The molecule has 20 heavy (non-hydrogen) atoms. The van der Waals surface area contributed by atoms with Crippen LogP contribution in [0, 0.1) is 17.8 Å². The van der Waals surface area contributed by atoms with Crippen molar-refractivity contribution in [3.8, 4) is 0 Å². The summed E-state index contributed by atoms with van der Waals surface area (Å²) in [7, 11) is 0. The van der Waals surface area contributed by atoms with Crippen LogP contribution in [0.5, 0.6) is 0 Å². The fourth-order valence-corrected chi connectivity index (χ4v) is 4.03. The Labute approximate surface area is 121 Å². The van der Waals surface area contributed by atoms with E-state index >= 15 is 0 Å². The zero-order valence-corrected chi connectivity index (χ0v) is 12.5. The van der Waals surface area contributed by atoms with E-state index in [1.54, 1.807) is 0 Å². The molecule has 1 nitrogen and oxygen atoms in total. The molecule has 0 radical (unpaired) electrons. The van der Waals surface area contributed by atoms with Gasteiger partial charge in [0.15, 0.2) is 6.17 Å². The van der Waals surface area contributed by atoms with Crippen LogP contribution in [-0.2, 0) is 0 Å². The van der Waals surface area contributed by atoms with Gasteiger partial charge in [-0.15, -0.1) is 0 Å². The number of rotatable bonds is 4. The van der Waals surface area contributed by atoms with Crippen LogP contribution in [-0.4, -0.2) is 23.6 Å². The van der Waals surface area contributed by atoms with E-state index in [1.165, 1.54) is 6.42 Å². The Balaban J connectivity index is 1.78. The first-order chi connectivity index (χ1) is 9.63. The number of hydrogen-bond acceptors (Lipinski definition) is 1. The fraction of sp³-hybridized carbons (Fsp3) is 0.882. The van der Waals surface area contributed by atoms with Crippen molar-refractivity contribution in [3.63, 3.8) is 0 Å². The number of aliphatic hydroxyl groups excluding tert-OH is 1. The minimum atomic E-state index is -1.67. The van der Waals surface area contributed by atoms with Gasteiger partial charge in [-0.25, -0.2) is 8.78 Å². The molecule has 0 aromatic carbocycles. The zero-order valence-electron chi connectivity index (χ0n) is 12.5. The predicted molar refractivity (Wildman–Crippen MR) is 78.0 cm³/mol. The van der Waals surface area contributed by atoms with E-state index in [-0.39, 0.29) is 5.92 Å². The highest BCUT2D eigenvalue weighted by Crippen LogP contribution is 2.42. The SMILES string of the molecule is C/C=C/CCC1CCC(C2CCC(O)C(F)C2F)CC1. The van der Waals surface area contributed by atoms with Crippen LogP contribution < -0.4 is 0 Å². The molecule has 2 aliphatic carbocycles. The summed E-state index contributed by atoms with van der Waals surface area (Å²) in [4.78, 5) is 0. The molecule has 2 saturated carbocycles. The van der Waals surface area contributed by atoms with Crippen molar-refractivity contribution < 1.29 is 13.9 Å². The molecule has 0 spiro atoms. The smallest absolute Gasteiger partial charge is 0.157 e. The maximum Gasteiger partial charge on any atom is 0.157 e. The molecule has 2 rings (SSSR count). The first kappa shape index (κ1) is 15.9. The van der Waals surface area contributed by atoms with Crippen molar-refractivity contribution in [2.24, 2.45) is 17.8 Å². The van der Waals surface area contributed by atoms with Gasteiger partial charge in [-0.2, -0.15) is 0 Å². The van der Waals surface area contributed by atoms with Crippen molar-refractivity contribution in [2.45, 2.75) is 76.7 Å². The lowest BCUT2D eigenvalue weighted by atomic mass is 9.69. The van der Waals surface area contributed by atoms with Gasteiger partial charge in [0.2, 0.25) is 0 Å². The third-order valence-electron chi connectivity index (χ3n) is 5.35. The Bertz CT molecular complexity index is 310. The summed E-state index contributed by atoms with van der Waals surface area (Å²) in [5.74, 6) is 0.925. The zero-order chi connectivity index (χ0) is 14.5. The second-order valence-corrected chi connectivity index (χ2v) is 6.62. The minimum Gasteiger partial charge on any atom is -0.390 e. The molecule has 0 heterocycles. The molecule has 2 fully saturated rings. The highest BCUT2D eigenvalue weighted by molar-refractivity contribution is 4.92. The Kier molecular flexibility index (Phi) is 6.01. The summed E-state index contributed by atoms with van der Waals surface area (Å²) in [5, 5.41) is 9.41. The largest absolute Gasteiger partial charge is 0.390 e. The minimum absolute atomic E-state index is 0.162. The van der Waals surface area contributed by atoms with Gasteiger partial charge in [0.05, 0.1) is 6.10 Å². The van der Waals surface area contributed by atoms with E-state index in [0.29, 0.717) is 18.8 Å². The van der Waals surface area contributed by atoms with Crippen molar-refractivity contribution in [1.29, 1.82) is 0 Å². The van der Waals surface area contributed by atoms with E-state index in [4.69, 9.17) is 0 Å². The van der Waals surface area contributed by atoms with Crippen molar-refractivity contribution in [1.82, 2.24) is 0 Å². The molecule has 2 aliphatic rings. The molecule has 4 atom stereocenters. The monoisotopic (exact) mass is 286 g/mol. The number of allylic oxidation sites excluding steroid dienone is 2. The first-order valence-electron chi connectivity index (χ1n) is 8.20. The van der Waals surface area contributed by atoms with Crippen LogP contribution in [0.4, 0.5) is 8.78 Å². The molecule has 4 unspecified atom stereocenters. The number of alkyl halides is 2. The highest BCUT2D eigenvalue weighted by atomic mass is 19.2. The van der Waals surface area contributed by atoms with Gasteiger partial charge in [-0.3, -0.25) is 0 Å². The van der Waals surface area contributed by atoms with E-state index in [1.807, 2.05) is 6.92 Å². The third kappa shape index (κ3) is 3.81. The normalized spacial score (nSPS) is 43.0. The standard InChI is InChI=1S/C17H28F2O/c1-2-3-4-5-12-6-8-13(9-7-12)14-10-11-15(20)17(19)16(14)18/h2-3,12-17,20H,4-11H2,1H3/b3-2+. The van der Waals surface area contributed by atoms with Crippen molar-refractivity contribution in [3.05, 3.63) is 12.2 Å². The van der Waals surface area contributed by atoms with Gasteiger partial charge in [-0.05, 0) is 63.2 Å². The lowest BCUT2D eigenvalue weighted by Crippen LogP contribution is -2.44. The van der Waals surface area contributed by atoms with Gasteiger partial charge in [0, 0.05) is 0 Å². The van der Waals surface area contributed by atoms with E-state index < -0.39 is 18.4 Å². The summed E-state index contributed by atoms with van der Waals surface area (Å²) in [6.07, 6.45) is 7.92. The molecule has 116 valence electrons. The maximum atomic E-state index is 14.1. The van der Waals surface area contributed by atoms with Gasteiger partial charge >= 0.3 is 0 Å². The van der Waals surface area contributed by atoms with Crippen LogP contribution in [0.25, 0.3) is 0 Å². The van der Waals surface area contributed by atoms with Crippen molar-refractivity contribution in [2.75, 3.05) is 0 Å². The highest BCUT2D eigenvalue weighted by Gasteiger charge is 2.43. The Morgan fingerprint density at radius 2 is 1.70 bits per heavy atom. The van der Waals surface area contributed by atoms with Gasteiger partial charge in [-0.1, -0.05) is 25.0 Å². The van der Waals surface area contributed by atoms with Crippen molar-refractivity contribution >= 4 is 0 Å². The van der Waals surface area contributed by atoms with Crippen LogP contribution >= 0.6 is 0 Å². The van der Waals surface area contributed by atoms with Gasteiger partial charge < -0.3 is 5.11 Å². The topological polar surface area (TPSA) is 20.2 Å². The Morgan fingerprint density at radius 3 is 2.35 bits per heavy atom. The van der Waals surface area contributed by atoms with Crippen LogP contribution in [0.3, 0.4) is 0 Å². The Morgan fingerprint density at radius 1 is 1.00 bits per heavy atom. The second-order valence-electron chi connectivity index (χ2n) is 6.62. The maximum absolute atomic E-state index is 14.1. The number of hydrogen-bond donors (Lipinski definition) is 1. The molecular weight excluding hydrogens is 258 g/mol. The molecule has 0 amide bonds. The average molecular weight is 286 g/mol. The molecule has 3 heteroatoms. The summed E-state index contributed by atoms with van der Waals surface area (Å²) < 4.78 is 27.7. The molecule has 0 aromatic heterocycles. The average Bonchev–Trinajstić information content (AvgIpc) is 2.46. The van der Waals surface area contributed by atoms with E-state index in [0.717, 1.165) is 38.0 Å². The summed E-state index contributed by atoms with van der Waals surface area (Å²) in [5.41, 5.74) is 0. The summed E-state index contributed by atoms with van der Waals surface area (Å²) in [6, 6.07) is 0. The summed E-state index contributed by atoms with van der Waals surface area (Å²) >= 11 is 0. The van der Waals surface area contributed by atoms with Gasteiger partial charge in [0.25, 0.3) is 0 Å². The van der Waals surface area contributed by atoms with Crippen LogP contribution in [0.1, 0.15) is 58.3 Å². The summed E-state index contributed by atoms with van der Waals surface area (Å²) in [6.45, 7) is 2.04. The molecule has 0 aliphatic heterocycles. The van der Waals surface area contributed by atoms with Gasteiger partial charge in [0.1, 0.15) is 6.17 Å². The Hall–Kier alpha value is -0.440. The lowest BCUT2D eigenvalue weighted by molar-refractivity contribution is -0.0548. The lowest BCUT2D eigenvalue weighted by Gasteiger charge is -2.40. The molecule has 0 saturated heterocycles. The molecule has 1 N–H and O–H groups in total. The number of aliphatic hydroxyl groups is 1. The van der Waals surface area contributed by atoms with Crippen LogP contribution in [0.15, 0.2) is 12.2 Å². The number of halogens is 2. The quantitative estimate of drug-likeness (QED) is 0.749. The fourth-order valence-electron chi connectivity index (χ4n) is 4.03.